The maximum atomic E-state index is 13.2. The molecule has 1 saturated carbocycles. The molecule has 3 rings (SSSR count). The van der Waals surface area contributed by atoms with Gasteiger partial charge in [-0.05, 0) is 71.2 Å². The van der Waals surface area contributed by atoms with E-state index in [1.54, 1.807) is 18.2 Å². The summed E-state index contributed by atoms with van der Waals surface area (Å²) in [5.41, 5.74) is 5.60. The molecule has 1 fully saturated rings. The van der Waals surface area contributed by atoms with Crippen LogP contribution in [0.15, 0.2) is 18.2 Å². The molecular formula is C23H34ClN3O4. The first-order valence-electron chi connectivity index (χ1n) is 11.1. The number of esters is 1. The normalized spacial score (nSPS) is 20.0. The lowest BCUT2D eigenvalue weighted by Gasteiger charge is -2.38. The number of nitrogens with zero attached hydrogens (tertiary/aromatic N) is 1. The van der Waals surface area contributed by atoms with E-state index in [9.17, 15) is 9.59 Å². The Balaban J connectivity index is 1.77. The number of rotatable bonds is 7. The van der Waals surface area contributed by atoms with Crippen molar-refractivity contribution in [3.63, 3.8) is 0 Å². The minimum atomic E-state index is -0.730. The second-order valence-corrected chi connectivity index (χ2v) is 9.99. The van der Waals surface area contributed by atoms with Gasteiger partial charge in [0.05, 0.1) is 12.2 Å². The molecule has 1 aliphatic carbocycles. The van der Waals surface area contributed by atoms with E-state index in [0.717, 1.165) is 38.5 Å². The summed E-state index contributed by atoms with van der Waals surface area (Å²) in [6.07, 6.45) is 5.13. The van der Waals surface area contributed by atoms with Crippen LogP contribution in [0.2, 0.25) is 5.02 Å². The summed E-state index contributed by atoms with van der Waals surface area (Å²) >= 11 is 6.18. The molecule has 0 bridgehead atoms. The molecule has 2 aliphatic rings. The van der Waals surface area contributed by atoms with Crippen LogP contribution in [0, 0.1) is 0 Å². The van der Waals surface area contributed by atoms with Crippen LogP contribution in [0.3, 0.4) is 0 Å². The van der Waals surface area contributed by atoms with Crippen molar-refractivity contribution in [1.29, 1.82) is 0 Å². The predicted molar refractivity (Wildman–Crippen MR) is 122 cm³/mol. The van der Waals surface area contributed by atoms with Gasteiger partial charge in [0.2, 0.25) is 0 Å². The first kappa shape index (κ1) is 23.7. The van der Waals surface area contributed by atoms with E-state index >= 15 is 0 Å². The number of hydrogen-bond acceptors (Lipinski definition) is 6. The third kappa shape index (κ3) is 6.26. The highest BCUT2D eigenvalue weighted by molar-refractivity contribution is 6.31. The zero-order chi connectivity index (χ0) is 22.6. The summed E-state index contributed by atoms with van der Waals surface area (Å²) < 4.78 is 11.5. The highest BCUT2D eigenvalue weighted by atomic mass is 35.5. The maximum Gasteiger partial charge on any atom is 0.326 e. The predicted octanol–water partition coefficient (Wildman–Crippen LogP) is 3.42. The van der Waals surface area contributed by atoms with Crippen LogP contribution >= 0.6 is 11.6 Å². The topological polar surface area (TPSA) is 93.9 Å². The Morgan fingerprint density at radius 1 is 1.32 bits per heavy atom. The second kappa shape index (κ2) is 9.65. The Kier molecular flexibility index (Phi) is 7.37. The van der Waals surface area contributed by atoms with E-state index in [0.29, 0.717) is 23.0 Å². The van der Waals surface area contributed by atoms with Gasteiger partial charge in [-0.3, -0.25) is 9.59 Å². The molecule has 7 nitrogen and oxygen atoms in total. The average Bonchev–Trinajstić information content (AvgIpc) is 3.13. The molecule has 1 unspecified atom stereocenters. The number of fused-ring (bicyclic) bond motifs is 1. The quantitative estimate of drug-likeness (QED) is 0.617. The minimum Gasteiger partial charge on any atom is -0.477 e. The summed E-state index contributed by atoms with van der Waals surface area (Å²) in [7, 11) is 0. The molecule has 0 saturated heterocycles. The number of benzene rings is 1. The van der Waals surface area contributed by atoms with E-state index in [1.807, 2.05) is 25.7 Å². The molecule has 0 radical (unpaired) electrons. The van der Waals surface area contributed by atoms with Crippen LogP contribution in [0.4, 0.5) is 5.69 Å². The molecule has 31 heavy (non-hydrogen) atoms. The molecule has 1 heterocycles. The number of amides is 1. The van der Waals surface area contributed by atoms with Crippen LogP contribution in [-0.2, 0) is 14.3 Å². The van der Waals surface area contributed by atoms with Crippen molar-refractivity contribution >= 4 is 29.2 Å². The van der Waals surface area contributed by atoms with Crippen LogP contribution < -0.4 is 20.7 Å². The number of hydrogen-bond donors (Lipinski definition) is 2. The van der Waals surface area contributed by atoms with Crippen LogP contribution in [0.1, 0.15) is 59.3 Å². The van der Waals surface area contributed by atoms with Crippen LogP contribution in [-0.4, -0.2) is 48.8 Å². The summed E-state index contributed by atoms with van der Waals surface area (Å²) in [4.78, 5) is 27.5. The molecule has 3 N–H and O–H groups in total. The van der Waals surface area contributed by atoms with E-state index in [1.165, 1.54) is 0 Å². The van der Waals surface area contributed by atoms with Gasteiger partial charge in [-0.15, -0.1) is 0 Å². The van der Waals surface area contributed by atoms with Crippen LogP contribution in [0.5, 0.6) is 5.75 Å². The average molecular weight is 452 g/mol. The Morgan fingerprint density at radius 2 is 2.03 bits per heavy atom. The lowest BCUT2D eigenvalue weighted by Crippen LogP contribution is -2.56. The SMILES string of the molecule is CC(C)(C)OC(=O)CN1CC(C(=O)NC2(CCCN)CCCC2)Oc2ccc(Cl)cc21. The molecule has 1 atom stereocenters. The molecule has 172 valence electrons. The van der Waals surface area contributed by atoms with Crippen molar-refractivity contribution in [2.45, 2.75) is 76.5 Å². The smallest absolute Gasteiger partial charge is 0.326 e. The Hall–Kier alpha value is -1.99. The van der Waals surface area contributed by atoms with Gasteiger partial charge >= 0.3 is 5.97 Å². The Labute approximate surface area is 189 Å². The number of carbonyl (C=O) groups excluding carboxylic acids is 2. The number of nitrogens with one attached hydrogen (secondary N) is 1. The number of carbonyl (C=O) groups is 2. The third-order valence-electron chi connectivity index (χ3n) is 5.76. The molecule has 1 aromatic rings. The van der Waals surface area contributed by atoms with E-state index in [-0.39, 0.29) is 30.5 Å². The summed E-state index contributed by atoms with van der Waals surface area (Å²) in [5.74, 6) is 0.00481. The van der Waals surface area contributed by atoms with Gasteiger partial charge in [0, 0.05) is 10.6 Å². The minimum absolute atomic E-state index is 0.00999. The van der Waals surface area contributed by atoms with Crippen molar-refractivity contribution in [1.82, 2.24) is 5.32 Å². The Morgan fingerprint density at radius 3 is 2.68 bits per heavy atom. The number of ether oxygens (including phenoxy) is 2. The van der Waals surface area contributed by atoms with Gasteiger partial charge in [0.15, 0.2) is 6.10 Å². The molecule has 0 spiro atoms. The van der Waals surface area contributed by atoms with Gasteiger partial charge in [0.25, 0.3) is 5.91 Å². The van der Waals surface area contributed by atoms with Crippen molar-refractivity contribution in [3.05, 3.63) is 23.2 Å². The highest BCUT2D eigenvalue weighted by Crippen LogP contribution is 2.37. The van der Waals surface area contributed by atoms with Crippen molar-refractivity contribution in [2.75, 3.05) is 24.5 Å². The summed E-state index contributed by atoms with van der Waals surface area (Å²) in [5, 5.41) is 3.80. The summed E-state index contributed by atoms with van der Waals surface area (Å²) in [6, 6.07) is 5.19. The monoisotopic (exact) mass is 451 g/mol. The molecule has 0 aromatic heterocycles. The van der Waals surface area contributed by atoms with Gasteiger partial charge in [0.1, 0.15) is 17.9 Å². The molecule has 8 heteroatoms. The largest absolute Gasteiger partial charge is 0.477 e. The van der Waals surface area contributed by atoms with Crippen LogP contribution in [0.25, 0.3) is 0 Å². The highest BCUT2D eigenvalue weighted by Gasteiger charge is 2.39. The van der Waals surface area contributed by atoms with Gasteiger partial charge in [-0.25, -0.2) is 0 Å². The third-order valence-corrected chi connectivity index (χ3v) is 5.99. The lowest BCUT2D eigenvalue weighted by atomic mass is 9.91. The van der Waals surface area contributed by atoms with Gasteiger partial charge < -0.3 is 25.4 Å². The number of anilines is 1. The van der Waals surface area contributed by atoms with Gasteiger partial charge in [-0.1, -0.05) is 24.4 Å². The standard InChI is InChI=1S/C23H34ClN3O4/c1-22(2,3)31-20(28)15-27-14-19(30-18-8-7-16(24)13-17(18)27)21(29)26-23(11-6-12-25)9-4-5-10-23/h7-8,13,19H,4-6,9-12,14-15,25H2,1-3H3,(H,26,29). The number of halogens is 1. The molecule has 1 aliphatic heterocycles. The first-order chi connectivity index (χ1) is 14.6. The lowest BCUT2D eigenvalue weighted by molar-refractivity contribution is -0.153. The van der Waals surface area contributed by atoms with E-state index in [4.69, 9.17) is 26.8 Å². The summed E-state index contributed by atoms with van der Waals surface area (Å²) in [6.45, 7) is 6.34. The van der Waals surface area contributed by atoms with Crippen molar-refractivity contribution < 1.29 is 19.1 Å². The molecular weight excluding hydrogens is 418 g/mol. The van der Waals surface area contributed by atoms with Gasteiger partial charge in [-0.2, -0.15) is 0 Å². The maximum absolute atomic E-state index is 13.2. The second-order valence-electron chi connectivity index (χ2n) is 9.55. The Bertz CT molecular complexity index is 803. The zero-order valence-corrected chi connectivity index (χ0v) is 19.5. The van der Waals surface area contributed by atoms with E-state index < -0.39 is 11.7 Å². The number of nitrogens with two attached hydrogens (primary N) is 1. The van der Waals surface area contributed by atoms with E-state index in [2.05, 4.69) is 5.32 Å². The fourth-order valence-electron chi connectivity index (χ4n) is 4.41. The molecule has 1 aromatic carbocycles. The fourth-order valence-corrected chi connectivity index (χ4v) is 4.58. The first-order valence-corrected chi connectivity index (χ1v) is 11.4. The fraction of sp³-hybridized carbons (Fsp3) is 0.652. The molecule has 1 amide bonds. The van der Waals surface area contributed by atoms with Crippen molar-refractivity contribution in [3.8, 4) is 5.75 Å². The van der Waals surface area contributed by atoms with Crippen molar-refractivity contribution in [2.24, 2.45) is 5.73 Å². The zero-order valence-electron chi connectivity index (χ0n) is 18.7.